The van der Waals surface area contributed by atoms with Gasteiger partial charge in [-0.25, -0.2) is 4.98 Å². The first-order chi connectivity index (χ1) is 12.0. The van der Waals surface area contributed by atoms with Crippen LogP contribution in [-0.2, 0) is 0 Å². The predicted molar refractivity (Wildman–Crippen MR) is 104 cm³/mol. The van der Waals surface area contributed by atoms with Crippen molar-refractivity contribution in [1.82, 2.24) is 15.2 Å². The SMILES string of the molecule is Cc1cc(C)c2nnc3c(-c4ccccc4)cc(N(C)C)nc3c2c1. The van der Waals surface area contributed by atoms with Gasteiger partial charge in [-0.05, 0) is 37.1 Å². The first-order valence-electron chi connectivity index (χ1n) is 8.36. The predicted octanol–water partition coefficient (Wildman–Crippen LogP) is 4.53. The van der Waals surface area contributed by atoms with Crippen LogP contribution in [0.1, 0.15) is 11.1 Å². The van der Waals surface area contributed by atoms with Gasteiger partial charge in [-0.15, -0.1) is 10.2 Å². The maximum Gasteiger partial charge on any atom is 0.129 e. The molecule has 0 amide bonds. The van der Waals surface area contributed by atoms with E-state index in [-0.39, 0.29) is 0 Å². The Bertz CT molecular complexity index is 1090. The van der Waals surface area contributed by atoms with Crippen LogP contribution in [0.5, 0.6) is 0 Å². The van der Waals surface area contributed by atoms with Crippen LogP contribution < -0.4 is 4.90 Å². The van der Waals surface area contributed by atoms with Crippen molar-refractivity contribution in [2.75, 3.05) is 19.0 Å². The van der Waals surface area contributed by atoms with Crippen LogP contribution in [0.15, 0.2) is 48.5 Å². The summed E-state index contributed by atoms with van der Waals surface area (Å²) < 4.78 is 0. The molecule has 0 atom stereocenters. The molecule has 0 saturated heterocycles. The summed E-state index contributed by atoms with van der Waals surface area (Å²) in [5.74, 6) is 0.916. The van der Waals surface area contributed by atoms with E-state index >= 15 is 0 Å². The van der Waals surface area contributed by atoms with E-state index in [0.717, 1.165) is 44.4 Å². The van der Waals surface area contributed by atoms with Crippen molar-refractivity contribution in [1.29, 1.82) is 0 Å². The maximum atomic E-state index is 4.89. The first-order valence-corrected chi connectivity index (χ1v) is 8.36. The first kappa shape index (κ1) is 15.5. The fraction of sp³-hybridized carbons (Fsp3) is 0.190. The highest BCUT2D eigenvalue weighted by atomic mass is 15.1. The van der Waals surface area contributed by atoms with E-state index in [1.165, 1.54) is 5.56 Å². The smallest absolute Gasteiger partial charge is 0.129 e. The van der Waals surface area contributed by atoms with E-state index in [4.69, 9.17) is 4.98 Å². The fourth-order valence-corrected chi connectivity index (χ4v) is 3.25. The molecule has 0 aliphatic carbocycles. The van der Waals surface area contributed by atoms with Crippen molar-refractivity contribution in [2.24, 2.45) is 0 Å². The number of hydrogen-bond donors (Lipinski definition) is 0. The van der Waals surface area contributed by atoms with Crippen molar-refractivity contribution in [3.63, 3.8) is 0 Å². The Morgan fingerprint density at radius 1 is 0.800 bits per heavy atom. The van der Waals surface area contributed by atoms with Gasteiger partial charge in [0.05, 0.1) is 5.52 Å². The van der Waals surface area contributed by atoms with Crippen LogP contribution in [0.2, 0.25) is 0 Å². The summed E-state index contributed by atoms with van der Waals surface area (Å²) in [6.07, 6.45) is 0. The molecular weight excluding hydrogens is 308 g/mol. The third-order valence-corrected chi connectivity index (χ3v) is 4.47. The maximum absolute atomic E-state index is 4.89. The Morgan fingerprint density at radius 2 is 1.52 bits per heavy atom. The van der Waals surface area contributed by atoms with Gasteiger partial charge in [-0.2, -0.15) is 0 Å². The fourth-order valence-electron chi connectivity index (χ4n) is 3.25. The Balaban J connectivity index is 2.17. The lowest BCUT2D eigenvalue weighted by atomic mass is 10.0. The molecule has 0 unspecified atom stereocenters. The standard InChI is InChI=1S/C21H20N4/c1-13-10-14(2)19-17(11-13)20-21(24-23-19)16(12-18(22-20)25(3)4)15-8-6-5-7-9-15/h5-12H,1-4H3. The molecule has 4 rings (SSSR count). The number of aromatic nitrogens is 3. The van der Waals surface area contributed by atoms with E-state index in [1.807, 2.05) is 37.2 Å². The second-order valence-electron chi connectivity index (χ2n) is 6.66. The average Bonchev–Trinajstić information content (AvgIpc) is 2.61. The minimum absolute atomic E-state index is 0.842. The molecule has 4 aromatic rings. The summed E-state index contributed by atoms with van der Waals surface area (Å²) >= 11 is 0. The van der Waals surface area contributed by atoms with Gasteiger partial charge in [-0.1, -0.05) is 42.0 Å². The van der Waals surface area contributed by atoms with Gasteiger partial charge in [-0.3, -0.25) is 0 Å². The molecule has 0 bridgehead atoms. The third kappa shape index (κ3) is 2.60. The van der Waals surface area contributed by atoms with Crippen LogP contribution in [0, 0.1) is 13.8 Å². The van der Waals surface area contributed by atoms with Crippen molar-refractivity contribution in [2.45, 2.75) is 13.8 Å². The number of anilines is 1. The van der Waals surface area contributed by atoms with E-state index in [0.29, 0.717) is 0 Å². The number of rotatable bonds is 2. The lowest BCUT2D eigenvalue weighted by molar-refractivity contribution is 1.07. The summed E-state index contributed by atoms with van der Waals surface area (Å²) in [4.78, 5) is 6.92. The number of pyridine rings is 1. The second kappa shape index (κ2) is 5.81. The van der Waals surface area contributed by atoms with Crippen LogP contribution in [0.3, 0.4) is 0 Å². The highest BCUT2D eigenvalue weighted by Gasteiger charge is 2.15. The average molecular weight is 328 g/mol. The largest absolute Gasteiger partial charge is 0.363 e. The zero-order valence-electron chi connectivity index (χ0n) is 14.9. The molecule has 2 aromatic heterocycles. The Morgan fingerprint density at radius 3 is 2.24 bits per heavy atom. The lowest BCUT2D eigenvalue weighted by Gasteiger charge is -2.16. The summed E-state index contributed by atoms with van der Waals surface area (Å²) in [5.41, 5.74) is 7.18. The van der Waals surface area contributed by atoms with Crippen LogP contribution >= 0.6 is 0 Å². The molecule has 0 aliphatic rings. The van der Waals surface area contributed by atoms with Crippen LogP contribution in [-0.4, -0.2) is 29.3 Å². The molecule has 2 heterocycles. The van der Waals surface area contributed by atoms with Gasteiger partial charge in [0.2, 0.25) is 0 Å². The normalized spacial score (nSPS) is 11.2. The van der Waals surface area contributed by atoms with Gasteiger partial charge in [0.1, 0.15) is 16.9 Å². The van der Waals surface area contributed by atoms with Crippen LogP contribution in [0.4, 0.5) is 5.82 Å². The number of hydrogen-bond acceptors (Lipinski definition) is 4. The molecule has 2 aromatic carbocycles. The number of aryl methyl sites for hydroxylation is 2. The highest BCUT2D eigenvalue weighted by molar-refractivity contribution is 6.07. The molecule has 25 heavy (non-hydrogen) atoms. The van der Waals surface area contributed by atoms with Crippen molar-refractivity contribution in [3.05, 3.63) is 59.7 Å². The summed E-state index contributed by atoms with van der Waals surface area (Å²) in [5, 5.41) is 10.1. The van der Waals surface area contributed by atoms with Gasteiger partial charge < -0.3 is 4.90 Å². The van der Waals surface area contributed by atoms with Gasteiger partial charge in [0.25, 0.3) is 0 Å². The Kier molecular flexibility index (Phi) is 3.61. The minimum atomic E-state index is 0.842. The van der Waals surface area contributed by atoms with Crippen molar-refractivity contribution >= 4 is 27.8 Å². The molecular formula is C21H20N4. The van der Waals surface area contributed by atoms with Crippen molar-refractivity contribution in [3.8, 4) is 11.1 Å². The summed E-state index contributed by atoms with van der Waals surface area (Å²) in [6, 6.07) is 16.7. The highest BCUT2D eigenvalue weighted by Crippen LogP contribution is 2.33. The molecule has 0 radical (unpaired) electrons. The van der Waals surface area contributed by atoms with Crippen LogP contribution in [0.25, 0.3) is 33.1 Å². The monoisotopic (exact) mass is 328 g/mol. The van der Waals surface area contributed by atoms with Gasteiger partial charge in [0.15, 0.2) is 0 Å². The molecule has 4 heteroatoms. The van der Waals surface area contributed by atoms with E-state index in [9.17, 15) is 0 Å². The third-order valence-electron chi connectivity index (χ3n) is 4.47. The molecule has 0 aliphatic heterocycles. The second-order valence-corrected chi connectivity index (χ2v) is 6.66. The molecule has 124 valence electrons. The van der Waals surface area contributed by atoms with Gasteiger partial charge in [0, 0.05) is 25.0 Å². The van der Waals surface area contributed by atoms with E-state index < -0.39 is 0 Å². The summed E-state index contributed by atoms with van der Waals surface area (Å²) in [7, 11) is 4.02. The molecule has 0 N–H and O–H groups in total. The number of nitrogens with zero attached hydrogens (tertiary/aromatic N) is 4. The Labute approximate surface area is 147 Å². The zero-order valence-corrected chi connectivity index (χ0v) is 14.9. The summed E-state index contributed by atoms with van der Waals surface area (Å²) in [6.45, 7) is 4.18. The molecule has 0 spiro atoms. The quantitative estimate of drug-likeness (QED) is 0.507. The topological polar surface area (TPSA) is 41.9 Å². The number of fused-ring (bicyclic) bond motifs is 3. The minimum Gasteiger partial charge on any atom is -0.363 e. The molecule has 0 fully saturated rings. The number of benzene rings is 2. The lowest BCUT2D eigenvalue weighted by Crippen LogP contribution is -2.11. The van der Waals surface area contributed by atoms with E-state index in [1.54, 1.807) is 0 Å². The van der Waals surface area contributed by atoms with Crippen molar-refractivity contribution < 1.29 is 0 Å². The zero-order chi connectivity index (χ0) is 17.6. The van der Waals surface area contributed by atoms with Gasteiger partial charge >= 0.3 is 0 Å². The molecule has 0 saturated carbocycles. The Hall–Kier alpha value is -3.01. The van der Waals surface area contributed by atoms with E-state index in [2.05, 4.69) is 54.4 Å². The molecule has 4 nitrogen and oxygen atoms in total.